The van der Waals surface area contributed by atoms with Crippen LogP contribution in [0.15, 0.2) is 34.8 Å². The van der Waals surface area contributed by atoms with E-state index in [2.05, 4.69) is 15.9 Å². The molecule has 0 fully saturated rings. The molecule has 0 atom stereocenters. The maximum atomic E-state index is 13.6. The molecule has 2 rings (SSSR count). The molecule has 6 heteroatoms. The Morgan fingerprint density at radius 2 is 1.95 bits per heavy atom. The molecule has 0 saturated heterocycles. The van der Waals surface area contributed by atoms with Crippen molar-refractivity contribution in [1.29, 1.82) is 0 Å². The first-order valence-corrected chi connectivity index (χ1v) is 6.99. The number of hydrogen-bond acceptors (Lipinski definition) is 2. The van der Waals surface area contributed by atoms with E-state index < -0.39 is 11.6 Å². The minimum Gasteiger partial charge on any atom is -0.454 e. The maximum Gasteiger partial charge on any atom is 0.201 e. The van der Waals surface area contributed by atoms with Crippen LogP contribution in [-0.2, 0) is 6.42 Å². The molecule has 0 aliphatic rings. The van der Waals surface area contributed by atoms with E-state index in [0.29, 0.717) is 28.2 Å². The van der Waals surface area contributed by atoms with Crippen LogP contribution < -0.4 is 10.5 Å². The Labute approximate surface area is 128 Å². The van der Waals surface area contributed by atoms with Crippen molar-refractivity contribution in [2.75, 3.05) is 6.54 Å². The summed E-state index contributed by atoms with van der Waals surface area (Å²) >= 11 is 9.14. The molecule has 0 aliphatic carbocycles. The lowest BCUT2D eigenvalue weighted by Gasteiger charge is -2.10. The zero-order valence-corrected chi connectivity index (χ0v) is 12.6. The van der Waals surface area contributed by atoms with Crippen molar-refractivity contribution >= 4 is 27.5 Å². The van der Waals surface area contributed by atoms with E-state index in [1.165, 1.54) is 6.07 Å². The lowest BCUT2D eigenvalue weighted by molar-refractivity contribution is 0.415. The average Bonchev–Trinajstić information content (AvgIpc) is 2.39. The van der Waals surface area contributed by atoms with Crippen molar-refractivity contribution in [3.05, 3.63) is 57.0 Å². The van der Waals surface area contributed by atoms with Gasteiger partial charge in [-0.3, -0.25) is 0 Å². The van der Waals surface area contributed by atoms with Crippen LogP contribution in [0.4, 0.5) is 8.78 Å². The molecule has 0 radical (unpaired) electrons. The number of halogens is 4. The van der Waals surface area contributed by atoms with E-state index in [-0.39, 0.29) is 5.75 Å². The predicted molar refractivity (Wildman–Crippen MR) is 78.3 cm³/mol. The number of hydrogen-bond donors (Lipinski definition) is 1. The van der Waals surface area contributed by atoms with Gasteiger partial charge in [0.15, 0.2) is 11.6 Å². The van der Waals surface area contributed by atoms with Crippen LogP contribution in [0, 0.1) is 11.6 Å². The highest BCUT2D eigenvalue weighted by Gasteiger charge is 2.13. The van der Waals surface area contributed by atoms with Crippen molar-refractivity contribution in [2.24, 2.45) is 5.73 Å². The van der Waals surface area contributed by atoms with E-state index in [1.54, 1.807) is 18.2 Å². The van der Waals surface area contributed by atoms with Gasteiger partial charge in [-0.25, -0.2) is 4.39 Å². The molecule has 0 aromatic heterocycles. The molecule has 106 valence electrons. The fourth-order valence-corrected chi connectivity index (χ4v) is 2.36. The summed E-state index contributed by atoms with van der Waals surface area (Å²) in [6.45, 7) is 0.478. The van der Waals surface area contributed by atoms with E-state index in [0.717, 1.165) is 11.6 Å². The summed E-state index contributed by atoms with van der Waals surface area (Å²) in [5, 5.41) is 0.476. The van der Waals surface area contributed by atoms with Crippen molar-refractivity contribution in [3.63, 3.8) is 0 Å². The molecule has 0 aliphatic heterocycles. The Bertz CT molecular complexity index is 637. The van der Waals surface area contributed by atoms with Crippen LogP contribution in [0.3, 0.4) is 0 Å². The Morgan fingerprint density at radius 1 is 1.20 bits per heavy atom. The maximum absolute atomic E-state index is 13.6. The Hall–Kier alpha value is -1.17. The molecule has 2 nitrogen and oxygen atoms in total. The van der Waals surface area contributed by atoms with Crippen molar-refractivity contribution in [3.8, 4) is 11.5 Å². The zero-order chi connectivity index (χ0) is 14.7. The first-order chi connectivity index (χ1) is 9.51. The molecule has 20 heavy (non-hydrogen) atoms. The summed E-state index contributed by atoms with van der Waals surface area (Å²) < 4.78 is 32.6. The van der Waals surface area contributed by atoms with E-state index in [9.17, 15) is 8.78 Å². The highest BCUT2D eigenvalue weighted by Crippen LogP contribution is 2.31. The quantitative estimate of drug-likeness (QED) is 0.802. The average molecular weight is 363 g/mol. The van der Waals surface area contributed by atoms with E-state index in [4.69, 9.17) is 22.1 Å². The minimum atomic E-state index is -1.05. The molecule has 0 amide bonds. The van der Waals surface area contributed by atoms with Crippen molar-refractivity contribution in [2.45, 2.75) is 6.42 Å². The Kier molecular flexibility index (Phi) is 4.96. The normalized spacial score (nSPS) is 10.7. The standard InChI is InChI=1S/C14H11BrClF2NO/c15-9-5-12(17)14(18)13(6-9)20-10-2-1-8(3-4-19)11(16)7-10/h1-2,5-7H,3-4,19H2. The minimum absolute atomic E-state index is 0.209. The number of ether oxygens (including phenoxy) is 1. The highest BCUT2D eigenvalue weighted by molar-refractivity contribution is 9.10. The third-order valence-corrected chi connectivity index (χ3v) is 3.44. The summed E-state index contributed by atoms with van der Waals surface area (Å²) in [5.74, 6) is -1.91. The molecule has 2 aromatic rings. The molecule has 0 unspecified atom stereocenters. The fourth-order valence-electron chi connectivity index (χ4n) is 1.68. The third-order valence-electron chi connectivity index (χ3n) is 2.63. The van der Waals surface area contributed by atoms with Gasteiger partial charge >= 0.3 is 0 Å². The van der Waals surface area contributed by atoms with Gasteiger partial charge in [-0.15, -0.1) is 0 Å². The van der Waals surface area contributed by atoms with Gasteiger partial charge in [0.25, 0.3) is 0 Å². The molecule has 2 N–H and O–H groups in total. The second kappa shape index (κ2) is 6.52. The van der Waals surface area contributed by atoms with Gasteiger partial charge in [-0.1, -0.05) is 33.6 Å². The summed E-state index contributed by atoms with van der Waals surface area (Å²) in [7, 11) is 0. The predicted octanol–water partition coefficient (Wildman–Crippen LogP) is 4.67. The number of rotatable bonds is 4. The summed E-state index contributed by atoms with van der Waals surface area (Å²) in [6.07, 6.45) is 0.638. The lowest BCUT2D eigenvalue weighted by atomic mass is 10.1. The largest absolute Gasteiger partial charge is 0.454 e. The van der Waals surface area contributed by atoms with Crippen LogP contribution in [0.25, 0.3) is 0 Å². The van der Waals surface area contributed by atoms with Gasteiger partial charge in [0, 0.05) is 9.50 Å². The summed E-state index contributed by atoms with van der Waals surface area (Å²) in [5.41, 5.74) is 6.34. The second-order valence-corrected chi connectivity index (χ2v) is 5.42. The topological polar surface area (TPSA) is 35.2 Å². The summed E-state index contributed by atoms with van der Waals surface area (Å²) in [6, 6.07) is 7.30. The lowest BCUT2D eigenvalue weighted by Crippen LogP contribution is -2.03. The third kappa shape index (κ3) is 3.48. The SMILES string of the molecule is NCCc1ccc(Oc2cc(Br)cc(F)c2F)cc1Cl. The van der Waals surface area contributed by atoms with Crippen LogP contribution in [-0.4, -0.2) is 6.54 Å². The molecule has 0 spiro atoms. The number of benzene rings is 2. The fraction of sp³-hybridized carbons (Fsp3) is 0.143. The second-order valence-electron chi connectivity index (χ2n) is 4.09. The van der Waals surface area contributed by atoms with Crippen LogP contribution in [0.5, 0.6) is 11.5 Å². The van der Waals surface area contributed by atoms with Crippen molar-refractivity contribution in [1.82, 2.24) is 0 Å². The van der Waals surface area contributed by atoms with Crippen LogP contribution >= 0.6 is 27.5 Å². The molecule has 0 heterocycles. The van der Waals surface area contributed by atoms with Crippen LogP contribution in [0.2, 0.25) is 5.02 Å². The smallest absolute Gasteiger partial charge is 0.201 e. The van der Waals surface area contributed by atoms with Gasteiger partial charge in [-0.2, -0.15) is 4.39 Å². The van der Waals surface area contributed by atoms with Gasteiger partial charge in [0.1, 0.15) is 5.75 Å². The zero-order valence-electron chi connectivity index (χ0n) is 10.3. The molecule has 2 aromatic carbocycles. The van der Waals surface area contributed by atoms with E-state index >= 15 is 0 Å². The van der Waals surface area contributed by atoms with Gasteiger partial charge in [0.05, 0.1) is 0 Å². The van der Waals surface area contributed by atoms with E-state index in [1.807, 2.05) is 0 Å². The first kappa shape index (κ1) is 15.2. The van der Waals surface area contributed by atoms with Crippen molar-refractivity contribution < 1.29 is 13.5 Å². The first-order valence-electron chi connectivity index (χ1n) is 5.82. The number of nitrogens with two attached hydrogens (primary N) is 1. The van der Waals surface area contributed by atoms with Crippen LogP contribution in [0.1, 0.15) is 5.56 Å². The Morgan fingerprint density at radius 3 is 2.60 bits per heavy atom. The van der Waals surface area contributed by atoms with Gasteiger partial charge < -0.3 is 10.5 Å². The van der Waals surface area contributed by atoms with Gasteiger partial charge in [0.2, 0.25) is 5.82 Å². The van der Waals surface area contributed by atoms with Gasteiger partial charge in [-0.05, 0) is 42.8 Å². The molecule has 0 bridgehead atoms. The monoisotopic (exact) mass is 361 g/mol. The molecular weight excluding hydrogens is 352 g/mol. The summed E-state index contributed by atoms with van der Waals surface area (Å²) in [4.78, 5) is 0. The molecule has 0 saturated carbocycles. The Balaban J connectivity index is 2.29. The molecular formula is C14H11BrClF2NO. The highest BCUT2D eigenvalue weighted by atomic mass is 79.9.